The number of rotatable bonds is 8. The predicted molar refractivity (Wildman–Crippen MR) is 98.0 cm³/mol. The molecule has 0 aliphatic heterocycles. The Kier molecular flexibility index (Phi) is 5.30. The summed E-state index contributed by atoms with van der Waals surface area (Å²) in [5, 5.41) is 0. The van der Waals surface area contributed by atoms with Gasteiger partial charge in [-0.15, -0.1) is 0 Å². The molecule has 1 aromatic heterocycles. The zero-order valence-corrected chi connectivity index (χ0v) is 17.4. The van der Waals surface area contributed by atoms with E-state index in [9.17, 15) is 0 Å². The van der Waals surface area contributed by atoms with Crippen LogP contribution in [0.15, 0.2) is 28.9 Å². The van der Waals surface area contributed by atoms with Gasteiger partial charge in [0.25, 0.3) is 0 Å². The summed E-state index contributed by atoms with van der Waals surface area (Å²) in [5.41, 5.74) is 0. The predicted octanol–water partition coefficient (Wildman–Crippen LogP) is 5.08. The van der Waals surface area contributed by atoms with Crippen molar-refractivity contribution in [2.45, 2.75) is 58.4 Å². The first-order chi connectivity index (χ1) is 10.5. The summed E-state index contributed by atoms with van der Waals surface area (Å²) in [6.07, 6.45) is 4.69. The minimum Gasteiger partial charge on any atom is -0.542 e. The highest BCUT2D eigenvalue weighted by molar-refractivity contribution is 6.70. The molecule has 0 radical (unpaired) electrons. The molecule has 0 amide bonds. The maximum absolute atomic E-state index is 6.33. The van der Waals surface area contributed by atoms with E-state index in [1.54, 1.807) is 6.26 Å². The van der Waals surface area contributed by atoms with Crippen molar-refractivity contribution in [3.05, 3.63) is 30.2 Å². The highest BCUT2D eigenvalue weighted by Crippen LogP contribution is 2.51. The minimum absolute atomic E-state index is 0.214. The summed E-state index contributed by atoms with van der Waals surface area (Å²) in [6.45, 7) is 15.8. The fourth-order valence-electron chi connectivity index (χ4n) is 2.61. The summed E-state index contributed by atoms with van der Waals surface area (Å²) in [6, 6.07) is 3.83. The van der Waals surface area contributed by atoms with Crippen LogP contribution in [0.3, 0.4) is 0 Å². The van der Waals surface area contributed by atoms with Crippen LogP contribution in [0.1, 0.15) is 19.1 Å². The summed E-state index contributed by atoms with van der Waals surface area (Å²) in [4.78, 5) is 0. The quantitative estimate of drug-likeness (QED) is 0.371. The van der Waals surface area contributed by atoms with Crippen LogP contribution in [-0.2, 0) is 13.6 Å². The molecule has 1 aliphatic rings. The van der Waals surface area contributed by atoms with Gasteiger partial charge in [0.2, 0.25) is 8.32 Å². The van der Waals surface area contributed by atoms with Gasteiger partial charge in [0.05, 0.1) is 6.26 Å². The first kappa shape index (κ1) is 18.5. The van der Waals surface area contributed by atoms with Gasteiger partial charge in [-0.25, -0.2) is 0 Å². The second kappa shape index (κ2) is 6.59. The first-order valence-electron chi connectivity index (χ1n) is 8.33. The topological polar surface area (TPSA) is 40.8 Å². The molecular formula is C17H30O4Si2. The SMILES string of the molecule is CCOC1(O[Si](C)(C)C)CC1/C=C(\O[Si](C)(C)C)c1ccco1. The van der Waals surface area contributed by atoms with Gasteiger partial charge in [-0.2, -0.15) is 0 Å². The second-order valence-electron chi connectivity index (χ2n) is 7.99. The van der Waals surface area contributed by atoms with E-state index in [0.29, 0.717) is 6.61 Å². The fraction of sp³-hybridized carbons (Fsp3) is 0.647. The molecule has 1 fully saturated rings. The molecule has 0 spiro atoms. The van der Waals surface area contributed by atoms with E-state index < -0.39 is 22.4 Å². The standard InChI is InChI=1S/C17H30O4Si2/c1-8-19-17(21-23(5,6)7)13-14(17)12-16(20-22(2,3)4)15-10-9-11-18-15/h9-12,14H,8,13H2,1-7H3/b16-12-. The Morgan fingerprint density at radius 1 is 1.26 bits per heavy atom. The lowest BCUT2D eigenvalue weighted by molar-refractivity contribution is -0.114. The molecule has 2 atom stereocenters. The Balaban J connectivity index is 2.22. The summed E-state index contributed by atoms with van der Waals surface area (Å²) in [7, 11) is -3.41. The zero-order valence-electron chi connectivity index (χ0n) is 15.4. The summed E-state index contributed by atoms with van der Waals surface area (Å²) >= 11 is 0. The van der Waals surface area contributed by atoms with Gasteiger partial charge in [-0.05, 0) is 64.4 Å². The van der Waals surface area contributed by atoms with Crippen molar-refractivity contribution in [1.82, 2.24) is 0 Å². The molecular weight excluding hydrogens is 324 g/mol. The van der Waals surface area contributed by atoms with E-state index in [1.165, 1.54) is 0 Å². The Labute approximate surface area is 142 Å². The van der Waals surface area contributed by atoms with Crippen LogP contribution in [0, 0.1) is 5.92 Å². The molecule has 2 unspecified atom stereocenters. The fourth-order valence-corrected chi connectivity index (χ4v) is 4.77. The smallest absolute Gasteiger partial charge is 0.242 e. The third kappa shape index (κ3) is 5.34. The lowest BCUT2D eigenvalue weighted by Crippen LogP contribution is -2.36. The van der Waals surface area contributed by atoms with Gasteiger partial charge in [0.15, 0.2) is 19.9 Å². The van der Waals surface area contributed by atoms with Gasteiger partial charge in [-0.1, -0.05) is 0 Å². The Morgan fingerprint density at radius 3 is 2.43 bits per heavy atom. The van der Waals surface area contributed by atoms with E-state index in [2.05, 4.69) is 45.4 Å². The van der Waals surface area contributed by atoms with Gasteiger partial charge >= 0.3 is 0 Å². The van der Waals surface area contributed by atoms with Crippen molar-refractivity contribution in [3.8, 4) is 0 Å². The molecule has 0 N–H and O–H groups in total. The van der Waals surface area contributed by atoms with Crippen LogP contribution in [0.5, 0.6) is 0 Å². The lowest BCUT2D eigenvalue weighted by atomic mass is 10.3. The summed E-state index contributed by atoms with van der Waals surface area (Å²) in [5.74, 6) is 1.34. The van der Waals surface area contributed by atoms with Gasteiger partial charge < -0.3 is 18.0 Å². The van der Waals surface area contributed by atoms with E-state index in [0.717, 1.165) is 17.9 Å². The largest absolute Gasteiger partial charge is 0.542 e. The normalized spacial score (nSPS) is 25.5. The Bertz CT molecular complexity index is 540. The van der Waals surface area contributed by atoms with Crippen LogP contribution in [0.25, 0.3) is 5.76 Å². The van der Waals surface area contributed by atoms with Crippen molar-refractivity contribution in [1.29, 1.82) is 0 Å². The molecule has 130 valence electrons. The molecule has 2 rings (SSSR count). The molecule has 1 aliphatic carbocycles. The van der Waals surface area contributed by atoms with E-state index in [-0.39, 0.29) is 5.92 Å². The van der Waals surface area contributed by atoms with Crippen molar-refractivity contribution in [3.63, 3.8) is 0 Å². The van der Waals surface area contributed by atoms with Crippen molar-refractivity contribution >= 4 is 22.4 Å². The van der Waals surface area contributed by atoms with Crippen molar-refractivity contribution in [2.24, 2.45) is 5.92 Å². The van der Waals surface area contributed by atoms with Gasteiger partial charge in [-0.3, -0.25) is 0 Å². The highest BCUT2D eigenvalue weighted by Gasteiger charge is 2.58. The Hall–Kier alpha value is -0.826. The number of ether oxygens (including phenoxy) is 1. The Morgan fingerprint density at radius 2 is 1.96 bits per heavy atom. The number of hydrogen-bond acceptors (Lipinski definition) is 4. The van der Waals surface area contributed by atoms with Gasteiger partial charge in [0, 0.05) is 18.9 Å². The molecule has 1 saturated carbocycles. The number of furan rings is 1. The molecule has 1 heterocycles. The zero-order chi connectivity index (χ0) is 17.3. The summed E-state index contributed by atoms with van der Waals surface area (Å²) < 4.78 is 24.1. The maximum atomic E-state index is 6.33. The molecule has 0 bridgehead atoms. The van der Waals surface area contributed by atoms with Crippen LogP contribution in [0.4, 0.5) is 0 Å². The monoisotopic (exact) mass is 354 g/mol. The molecule has 6 heteroatoms. The first-order valence-corrected chi connectivity index (χ1v) is 15.2. The van der Waals surface area contributed by atoms with E-state index in [1.807, 2.05) is 19.1 Å². The third-order valence-corrected chi connectivity index (χ3v) is 5.10. The molecule has 1 aromatic rings. The third-order valence-electron chi connectivity index (χ3n) is 3.31. The lowest BCUT2D eigenvalue weighted by Gasteiger charge is -2.27. The van der Waals surface area contributed by atoms with E-state index in [4.69, 9.17) is 18.0 Å². The molecule has 0 aromatic carbocycles. The van der Waals surface area contributed by atoms with Crippen molar-refractivity contribution < 1.29 is 18.0 Å². The van der Waals surface area contributed by atoms with Gasteiger partial charge in [0.1, 0.15) is 5.76 Å². The molecule has 23 heavy (non-hydrogen) atoms. The maximum Gasteiger partial charge on any atom is 0.242 e. The van der Waals surface area contributed by atoms with E-state index >= 15 is 0 Å². The average molecular weight is 355 g/mol. The van der Waals surface area contributed by atoms with Crippen LogP contribution in [-0.4, -0.2) is 29.0 Å². The molecule has 4 nitrogen and oxygen atoms in total. The molecule has 0 saturated heterocycles. The number of hydrogen-bond donors (Lipinski definition) is 0. The highest BCUT2D eigenvalue weighted by atomic mass is 28.4. The van der Waals surface area contributed by atoms with Crippen LogP contribution >= 0.6 is 0 Å². The van der Waals surface area contributed by atoms with Crippen LogP contribution < -0.4 is 0 Å². The average Bonchev–Trinajstić information content (AvgIpc) is 2.82. The van der Waals surface area contributed by atoms with Crippen LogP contribution in [0.2, 0.25) is 39.3 Å². The minimum atomic E-state index is -1.73. The van der Waals surface area contributed by atoms with Crippen molar-refractivity contribution in [2.75, 3.05) is 6.61 Å². The second-order valence-corrected chi connectivity index (χ2v) is 16.9.